The van der Waals surface area contributed by atoms with Gasteiger partial charge in [-0.1, -0.05) is 15.9 Å². The van der Waals surface area contributed by atoms with Crippen LogP contribution in [0.4, 0.5) is 14.5 Å². The highest BCUT2D eigenvalue weighted by molar-refractivity contribution is 9.10. The highest BCUT2D eigenvalue weighted by Gasteiger charge is 2.36. The van der Waals surface area contributed by atoms with Gasteiger partial charge < -0.3 is 0 Å². The molecule has 0 aliphatic carbocycles. The first kappa shape index (κ1) is 13.2. The lowest BCUT2D eigenvalue weighted by molar-refractivity contribution is -0.113. The van der Waals surface area contributed by atoms with Crippen molar-refractivity contribution >= 4 is 33.5 Å². The lowest BCUT2D eigenvalue weighted by Gasteiger charge is -2.31. The van der Waals surface area contributed by atoms with Gasteiger partial charge in [0.25, 0.3) is 5.91 Å². The van der Waals surface area contributed by atoms with Gasteiger partial charge in [0.15, 0.2) is 0 Å². The van der Waals surface area contributed by atoms with E-state index in [-0.39, 0.29) is 11.6 Å². The lowest BCUT2D eigenvalue weighted by atomic mass is 10.2. The highest BCUT2D eigenvalue weighted by atomic mass is 79.9. The van der Waals surface area contributed by atoms with E-state index in [1.54, 1.807) is 6.92 Å². The molecule has 20 heavy (non-hydrogen) atoms. The number of fused-ring (bicyclic) bond motifs is 1. The minimum Gasteiger partial charge on any atom is -0.286 e. The summed E-state index contributed by atoms with van der Waals surface area (Å²) in [6.45, 7) is 2.50. The van der Waals surface area contributed by atoms with Crippen molar-refractivity contribution in [2.75, 3.05) is 18.0 Å². The minimum absolute atomic E-state index is 0.0742. The second-order valence-electron chi connectivity index (χ2n) is 4.53. The fraction of sp³-hybridized carbons (Fsp3) is 0.231. The van der Waals surface area contributed by atoms with Crippen LogP contribution in [0.25, 0.3) is 0 Å². The van der Waals surface area contributed by atoms with Crippen molar-refractivity contribution in [3.8, 4) is 0 Å². The zero-order chi connectivity index (χ0) is 14.4. The Kier molecular flexibility index (Phi) is 3.08. The molecule has 3 rings (SSSR count). The average Bonchev–Trinajstić information content (AvgIpc) is 2.84. The molecule has 0 spiro atoms. The van der Waals surface area contributed by atoms with Crippen LogP contribution in [0.15, 0.2) is 33.6 Å². The predicted octanol–water partition coefficient (Wildman–Crippen LogP) is 2.73. The van der Waals surface area contributed by atoms with Crippen LogP contribution in [0.2, 0.25) is 0 Å². The molecular formula is C13H10BrF2N3O. The van der Waals surface area contributed by atoms with Crippen molar-refractivity contribution in [3.63, 3.8) is 0 Å². The summed E-state index contributed by atoms with van der Waals surface area (Å²) >= 11 is 3.23. The van der Waals surface area contributed by atoms with Crippen molar-refractivity contribution in [3.05, 3.63) is 40.0 Å². The molecule has 2 heterocycles. The van der Waals surface area contributed by atoms with Gasteiger partial charge in [-0.05, 0) is 24.6 Å². The standard InChI is InChI=1S/C13H10BrF2N3O/c1-7-4-10(9(15)5-8(7)14)19-12(20)6-11(16)18-3-2-17-13(18)19/h4-6H,2-3H2,1H3. The van der Waals surface area contributed by atoms with Crippen LogP contribution in [-0.2, 0) is 4.79 Å². The highest BCUT2D eigenvalue weighted by Crippen LogP contribution is 2.31. The zero-order valence-electron chi connectivity index (χ0n) is 10.5. The number of hydrogen-bond acceptors (Lipinski definition) is 3. The molecule has 104 valence electrons. The van der Waals surface area contributed by atoms with Crippen LogP contribution in [0.5, 0.6) is 0 Å². The van der Waals surface area contributed by atoms with E-state index in [1.807, 2.05) is 0 Å². The molecule has 7 heteroatoms. The monoisotopic (exact) mass is 341 g/mol. The van der Waals surface area contributed by atoms with Crippen LogP contribution in [0, 0.1) is 12.7 Å². The summed E-state index contributed by atoms with van der Waals surface area (Å²) in [6, 6.07) is 2.82. The van der Waals surface area contributed by atoms with Gasteiger partial charge in [-0.3, -0.25) is 14.7 Å². The molecule has 1 aromatic carbocycles. The third-order valence-corrected chi connectivity index (χ3v) is 4.06. The van der Waals surface area contributed by atoms with E-state index in [1.165, 1.54) is 17.0 Å². The summed E-state index contributed by atoms with van der Waals surface area (Å²) in [7, 11) is 0. The molecule has 2 aliphatic heterocycles. The predicted molar refractivity (Wildman–Crippen MR) is 74.5 cm³/mol. The number of carbonyl (C=O) groups excluding carboxylic acids is 1. The van der Waals surface area contributed by atoms with Gasteiger partial charge in [0.1, 0.15) is 5.82 Å². The largest absolute Gasteiger partial charge is 0.286 e. The van der Waals surface area contributed by atoms with E-state index in [9.17, 15) is 13.6 Å². The van der Waals surface area contributed by atoms with Crippen molar-refractivity contribution in [2.24, 2.45) is 4.99 Å². The van der Waals surface area contributed by atoms with Gasteiger partial charge in [-0.15, -0.1) is 0 Å². The summed E-state index contributed by atoms with van der Waals surface area (Å²) in [5.41, 5.74) is 0.847. The Hall–Kier alpha value is -1.76. The molecule has 0 radical (unpaired) electrons. The molecule has 0 saturated carbocycles. The number of hydrogen-bond donors (Lipinski definition) is 0. The van der Waals surface area contributed by atoms with Crippen molar-refractivity contribution in [1.82, 2.24) is 4.90 Å². The molecule has 1 amide bonds. The average molecular weight is 342 g/mol. The molecule has 0 N–H and O–H groups in total. The third-order valence-electron chi connectivity index (χ3n) is 3.21. The van der Waals surface area contributed by atoms with Crippen LogP contribution in [0.3, 0.4) is 0 Å². The van der Waals surface area contributed by atoms with Gasteiger partial charge in [0.05, 0.1) is 18.3 Å². The molecule has 2 aliphatic rings. The van der Waals surface area contributed by atoms with Crippen molar-refractivity contribution < 1.29 is 13.6 Å². The fourth-order valence-electron chi connectivity index (χ4n) is 2.21. The number of rotatable bonds is 1. The Balaban J connectivity index is 2.14. The van der Waals surface area contributed by atoms with Crippen LogP contribution in [-0.4, -0.2) is 29.9 Å². The number of halogens is 3. The number of amides is 1. The molecule has 1 aromatic rings. The van der Waals surface area contributed by atoms with Gasteiger partial charge >= 0.3 is 0 Å². The lowest BCUT2D eigenvalue weighted by Crippen LogP contribution is -2.48. The molecule has 0 bridgehead atoms. The summed E-state index contributed by atoms with van der Waals surface area (Å²) in [5, 5.41) is 0. The topological polar surface area (TPSA) is 35.9 Å². The molecule has 0 aromatic heterocycles. The van der Waals surface area contributed by atoms with E-state index >= 15 is 0 Å². The summed E-state index contributed by atoms with van der Waals surface area (Å²) < 4.78 is 28.4. The minimum atomic E-state index is -0.656. The molecule has 0 saturated heterocycles. The third kappa shape index (κ3) is 1.93. The van der Waals surface area contributed by atoms with Crippen LogP contribution >= 0.6 is 15.9 Å². The molecule has 4 nitrogen and oxygen atoms in total. The second kappa shape index (κ2) is 4.66. The Bertz CT molecular complexity index is 672. The maximum Gasteiger partial charge on any atom is 0.262 e. The first-order chi connectivity index (χ1) is 9.49. The Morgan fingerprint density at radius 1 is 1.35 bits per heavy atom. The Labute approximate surface area is 122 Å². The Morgan fingerprint density at radius 2 is 2.10 bits per heavy atom. The van der Waals surface area contributed by atoms with E-state index in [0.717, 1.165) is 16.5 Å². The Morgan fingerprint density at radius 3 is 2.85 bits per heavy atom. The molecule has 0 fully saturated rings. The SMILES string of the molecule is Cc1cc(N2C(=O)C=C(F)N3CCN=C32)c(F)cc1Br. The summed E-state index contributed by atoms with van der Waals surface area (Å²) in [5.74, 6) is -1.73. The molecular weight excluding hydrogens is 332 g/mol. The maximum atomic E-state index is 14.1. The van der Waals surface area contributed by atoms with Gasteiger partial charge in [0, 0.05) is 11.0 Å². The molecule has 0 unspecified atom stereocenters. The van der Waals surface area contributed by atoms with Gasteiger partial charge in [-0.2, -0.15) is 4.39 Å². The normalized spacial score (nSPS) is 18.1. The number of benzene rings is 1. The van der Waals surface area contributed by atoms with E-state index in [0.29, 0.717) is 17.6 Å². The quantitative estimate of drug-likeness (QED) is 0.736. The number of aliphatic imine (C=N–C) groups is 1. The number of carbonyl (C=O) groups is 1. The smallest absolute Gasteiger partial charge is 0.262 e. The van der Waals surface area contributed by atoms with Gasteiger partial charge in [0.2, 0.25) is 11.9 Å². The second-order valence-corrected chi connectivity index (χ2v) is 5.38. The zero-order valence-corrected chi connectivity index (χ0v) is 12.1. The first-order valence-electron chi connectivity index (χ1n) is 5.98. The van der Waals surface area contributed by atoms with Crippen molar-refractivity contribution in [1.29, 1.82) is 0 Å². The number of guanidine groups is 1. The van der Waals surface area contributed by atoms with E-state index < -0.39 is 17.7 Å². The summed E-state index contributed by atoms with van der Waals surface area (Å²) in [4.78, 5) is 18.5. The van der Waals surface area contributed by atoms with Crippen LogP contribution < -0.4 is 4.90 Å². The van der Waals surface area contributed by atoms with E-state index in [4.69, 9.17) is 0 Å². The number of nitrogens with zero attached hydrogens (tertiary/aromatic N) is 3. The van der Waals surface area contributed by atoms with Crippen molar-refractivity contribution in [2.45, 2.75) is 6.92 Å². The number of anilines is 1. The van der Waals surface area contributed by atoms with Crippen LogP contribution in [0.1, 0.15) is 5.56 Å². The maximum absolute atomic E-state index is 14.1. The fourth-order valence-corrected chi connectivity index (χ4v) is 2.53. The van der Waals surface area contributed by atoms with Gasteiger partial charge in [-0.25, -0.2) is 9.29 Å². The first-order valence-corrected chi connectivity index (χ1v) is 6.77. The van der Waals surface area contributed by atoms with E-state index in [2.05, 4.69) is 20.9 Å². The number of aryl methyl sites for hydroxylation is 1. The summed E-state index contributed by atoms with van der Waals surface area (Å²) in [6.07, 6.45) is 0.848. The molecule has 0 atom stereocenters.